The van der Waals surface area contributed by atoms with Crippen LogP contribution in [0.1, 0.15) is 18.9 Å². The van der Waals surface area contributed by atoms with Crippen molar-refractivity contribution in [1.29, 1.82) is 0 Å². The van der Waals surface area contributed by atoms with Gasteiger partial charge in [0.1, 0.15) is 0 Å². The number of hydrogen-bond donors (Lipinski definition) is 1. The number of alkyl halides is 2. The number of halogens is 2. The predicted octanol–water partition coefficient (Wildman–Crippen LogP) is 2.73. The van der Waals surface area contributed by atoms with Crippen molar-refractivity contribution >= 4 is 17.7 Å². The summed E-state index contributed by atoms with van der Waals surface area (Å²) >= 11 is 1.63. The lowest BCUT2D eigenvalue weighted by molar-refractivity contribution is -0.131. The third-order valence-electron chi connectivity index (χ3n) is 3.27. The first kappa shape index (κ1) is 20.5. The third-order valence-corrected chi connectivity index (χ3v) is 3.91. The fourth-order valence-electron chi connectivity index (χ4n) is 2.12. The summed E-state index contributed by atoms with van der Waals surface area (Å²) in [6, 6.07) is 4.09. The summed E-state index contributed by atoms with van der Waals surface area (Å²) < 4.78 is 34.6. The van der Waals surface area contributed by atoms with Gasteiger partial charge >= 0.3 is 6.61 Å². The van der Waals surface area contributed by atoms with Crippen molar-refractivity contribution in [3.05, 3.63) is 23.8 Å². The van der Waals surface area contributed by atoms with Gasteiger partial charge in [0.15, 0.2) is 11.5 Å². The second-order valence-corrected chi connectivity index (χ2v) is 6.16. The molecule has 1 aromatic carbocycles. The molecule has 8 heteroatoms. The molecule has 24 heavy (non-hydrogen) atoms. The van der Waals surface area contributed by atoms with Crippen molar-refractivity contribution in [2.45, 2.75) is 32.5 Å². The minimum Gasteiger partial charge on any atom is -0.490 e. The van der Waals surface area contributed by atoms with Gasteiger partial charge in [-0.2, -0.15) is 20.5 Å². The lowest BCUT2D eigenvalue weighted by Crippen LogP contribution is -2.41. The Kier molecular flexibility index (Phi) is 8.84. The van der Waals surface area contributed by atoms with E-state index in [0.717, 1.165) is 11.3 Å². The quantitative estimate of drug-likeness (QED) is 0.693. The van der Waals surface area contributed by atoms with E-state index >= 15 is 0 Å². The van der Waals surface area contributed by atoms with Crippen LogP contribution >= 0.6 is 11.8 Å². The molecule has 0 spiro atoms. The summed E-state index contributed by atoms with van der Waals surface area (Å²) in [7, 11) is 1.66. The second-order valence-electron chi connectivity index (χ2n) is 5.17. The Bertz CT molecular complexity index is 532. The highest BCUT2D eigenvalue weighted by Gasteiger charge is 2.19. The number of nitrogens with two attached hydrogens (primary N) is 1. The van der Waals surface area contributed by atoms with Gasteiger partial charge in [-0.15, -0.1) is 0 Å². The van der Waals surface area contributed by atoms with Gasteiger partial charge in [-0.05, 0) is 43.0 Å². The van der Waals surface area contributed by atoms with Crippen molar-refractivity contribution in [1.82, 2.24) is 4.90 Å². The molecule has 0 bridgehead atoms. The number of rotatable bonds is 10. The van der Waals surface area contributed by atoms with E-state index in [1.807, 2.05) is 6.26 Å². The summed E-state index contributed by atoms with van der Waals surface area (Å²) in [6.07, 6.45) is 2.56. The molecule has 0 aliphatic carbocycles. The predicted molar refractivity (Wildman–Crippen MR) is 91.7 cm³/mol. The van der Waals surface area contributed by atoms with Crippen LogP contribution in [0, 0.1) is 0 Å². The van der Waals surface area contributed by atoms with Crippen LogP contribution in [0.25, 0.3) is 0 Å². The first-order valence-electron chi connectivity index (χ1n) is 7.59. The number of nitrogens with zero attached hydrogens (tertiary/aromatic N) is 1. The lowest BCUT2D eigenvalue weighted by atomic mass is 10.1. The van der Waals surface area contributed by atoms with E-state index in [4.69, 9.17) is 10.5 Å². The van der Waals surface area contributed by atoms with Crippen molar-refractivity contribution in [2.24, 2.45) is 5.73 Å². The van der Waals surface area contributed by atoms with Crippen molar-refractivity contribution in [3.8, 4) is 11.5 Å². The topological polar surface area (TPSA) is 64.8 Å². The normalized spacial score (nSPS) is 12.1. The standard InChI is InChI=1S/C16H24F2N2O3S/c1-4-22-14-9-11(5-6-13(14)23-16(17)18)10-20(2)15(21)12(19)7-8-24-3/h5-6,9,12,16H,4,7-8,10,19H2,1-3H3/t12-/m0/s1. The van der Waals surface area contributed by atoms with Crippen LogP contribution < -0.4 is 15.2 Å². The molecule has 136 valence electrons. The summed E-state index contributed by atoms with van der Waals surface area (Å²) in [4.78, 5) is 13.7. The van der Waals surface area contributed by atoms with Gasteiger partial charge in [-0.3, -0.25) is 4.79 Å². The van der Waals surface area contributed by atoms with Gasteiger partial charge in [0.25, 0.3) is 0 Å². The molecule has 0 saturated heterocycles. The zero-order valence-electron chi connectivity index (χ0n) is 14.1. The number of carbonyl (C=O) groups is 1. The van der Waals surface area contributed by atoms with Crippen LogP contribution in [0.4, 0.5) is 8.78 Å². The van der Waals surface area contributed by atoms with E-state index < -0.39 is 12.7 Å². The second kappa shape index (κ2) is 10.4. The molecule has 1 rings (SSSR count). The fourth-order valence-corrected chi connectivity index (χ4v) is 2.61. The molecule has 0 aromatic heterocycles. The smallest absolute Gasteiger partial charge is 0.387 e. The number of amides is 1. The summed E-state index contributed by atoms with van der Waals surface area (Å²) in [5.74, 6) is 0.855. The average Bonchev–Trinajstić information content (AvgIpc) is 2.54. The van der Waals surface area contributed by atoms with E-state index in [-0.39, 0.29) is 17.4 Å². The Balaban J connectivity index is 2.79. The summed E-state index contributed by atoms with van der Waals surface area (Å²) in [5, 5.41) is 0. The Morgan fingerprint density at radius 1 is 1.38 bits per heavy atom. The SMILES string of the molecule is CCOc1cc(CN(C)C(=O)[C@@H](N)CCSC)ccc1OC(F)F. The number of benzene rings is 1. The van der Waals surface area contributed by atoms with E-state index in [1.54, 1.807) is 37.9 Å². The highest BCUT2D eigenvalue weighted by atomic mass is 32.2. The van der Waals surface area contributed by atoms with E-state index in [9.17, 15) is 13.6 Å². The maximum Gasteiger partial charge on any atom is 0.387 e. The van der Waals surface area contributed by atoms with Gasteiger partial charge in [0.2, 0.25) is 5.91 Å². The molecule has 5 nitrogen and oxygen atoms in total. The molecular formula is C16H24F2N2O3S. The van der Waals surface area contributed by atoms with Crippen LogP contribution in [0.2, 0.25) is 0 Å². The first-order chi connectivity index (χ1) is 11.4. The molecule has 1 amide bonds. The summed E-state index contributed by atoms with van der Waals surface area (Å²) in [6.45, 7) is -0.550. The molecule has 0 heterocycles. The van der Waals surface area contributed by atoms with Gasteiger partial charge in [-0.25, -0.2) is 0 Å². The largest absolute Gasteiger partial charge is 0.490 e. The number of hydrogen-bond acceptors (Lipinski definition) is 5. The molecule has 0 unspecified atom stereocenters. The van der Waals surface area contributed by atoms with E-state index in [0.29, 0.717) is 19.6 Å². The Hall–Kier alpha value is -1.54. The monoisotopic (exact) mass is 362 g/mol. The van der Waals surface area contributed by atoms with Crippen molar-refractivity contribution in [2.75, 3.05) is 25.7 Å². The van der Waals surface area contributed by atoms with Crippen molar-refractivity contribution < 1.29 is 23.0 Å². The van der Waals surface area contributed by atoms with Crippen LogP contribution in [0.5, 0.6) is 11.5 Å². The molecule has 0 aliphatic rings. The van der Waals surface area contributed by atoms with Gasteiger partial charge in [-0.1, -0.05) is 6.07 Å². The molecule has 0 aliphatic heterocycles. The van der Waals surface area contributed by atoms with Gasteiger partial charge in [0, 0.05) is 13.6 Å². The number of likely N-dealkylation sites (N-methyl/N-ethyl adjacent to an activating group) is 1. The van der Waals surface area contributed by atoms with Crippen LogP contribution in [0.15, 0.2) is 18.2 Å². The molecule has 0 saturated carbocycles. The number of carbonyl (C=O) groups excluding carboxylic acids is 1. The zero-order chi connectivity index (χ0) is 18.1. The fraction of sp³-hybridized carbons (Fsp3) is 0.562. The number of ether oxygens (including phenoxy) is 2. The van der Waals surface area contributed by atoms with E-state index in [2.05, 4.69) is 4.74 Å². The Labute approximate surface area is 145 Å². The number of thioether (sulfide) groups is 1. The molecule has 0 fully saturated rings. The minimum absolute atomic E-state index is 0.0266. The third kappa shape index (κ3) is 6.52. The average molecular weight is 362 g/mol. The molecular weight excluding hydrogens is 338 g/mol. The molecule has 2 N–H and O–H groups in total. The summed E-state index contributed by atoms with van der Waals surface area (Å²) in [5.41, 5.74) is 6.63. The highest BCUT2D eigenvalue weighted by molar-refractivity contribution is 7.98. The molecule has 0 radical (unpaired) electrons. The Morgan fingerprint density at radius 3 is 2.67 bits per heavy atom. The minimum atomic E-state index is -2.92. The lowest BCUT2D eigenvalue weighted by Gasteiger charge is -2.22. The van der Waals surface area contributed by atoms with Crippen LogP contribution in [-0.2, 0) is 11.3 Å². The zero-order valence-corrected chi connectivity index (χ0v) is 14.9. The highest BCUT2D eigenvalue weighted by Crippen LogP contribution is 2.30. The van der Waals surface area contributed by atoms with Gasteiger partial charge < -0.3 is 20.1 Å². The van der Waals surface area contributed by atoms with Crippen LogP contribution in [0.3, 0.4) is 0 Å². The maximum atomic E-state index is 12.4. The first-order valence-corrected chi connectivity index (χ1v) is 8.98. The molecule has 1 aromatic rings. The molecule has 1 atom stereocenters. The van der Waals surface area contributed by atoms with E-state index in [1.165, 1.54) is 11.0 Å². The van der Waals surface area contributed by atoms with Crippen LogP contribution in [-0.4, -0.2) is 49.1 Å². The van der Waals surface area contributed by atoms with Gasteiger partial charge in [0.05, 0.1) is 12.6 Å². The van der Waals surface area contributed by atoms with Crippen molar-refractivity contribution in [3.63, 3.8) is 0 Å². The Morgan fingerprint density at radius 2 is 2.08 bits per heavy atom. The maximum absolute atomic E-state index is 12.4.